The highest BCUT2D eigenvalue weighted by Crippen LogP contribution is 2.28. The first-order chi connectivity index (χ1) is 7.22. The summed E-state index contributed by atoms with van der Waals surface area (Å²) in [4.78, 5) is 2.49. The molecule has 1 atom stereocenters. The molecule has 2 heterocycles. The van der Waals surface area contributed by atoms with E-state index in [1.165, 1.54) is 0 Å². The summed E-state index contributed by atoms with van der Waals surface area (Å²) in [6.45, 7) is 8.91. The van der Waals surface area contributed by atoms with Crippen LogP contribution in [0.25, 0.3) is 0 Å². The van der Waals surface area contributed by atoms with Crippen molar-refractivity contribution in [2.75, 3.05) is 46.0 Å². The van der Waals surface area contributed by atoms with Crippen LogP contribution in [-0.2, 0) is 9.47 Å². The second kappa shape index (κ2) is 4.78. The fraction of sp³-hybridized carbons (Fsp3) is 1.00. The zero-order valence-corrected chi connectivity index (χ0v) is 9.58. The van der Waals surface area contributed by atoms with Gasteiger partial charge in [-0.25, -0.2) is 0 Å². The minimum Gasteiger partial charge on any atom is -0.380 e. The summed E-state index contributed by atoms with van der Waals surface area (Å²) in [5, 5.41) is 0. The van der Waals surface area contributed by atoms with Crippen LogP contribution in [0.4, 0.5) is 0 Å². The van der Waals surface area contributed by atoms with E-state index in [2.05, 4.69) is 11.8 Å². The van der Waals surface area contributed by atoms with E-state index >= 15 is 0 Å². The topological polar surface area (TPSA) is 47.7 Å². The molecule has 0 saturated carbocycles. The summed E-state index contributed by atoms with van der Waals surface area (Å²) in [5.41, 5.74) is 5.93. The van der Waals surface area contributed by atoms with Gasteiger partial charge in [-0.15, -0.1) is 0 Å². The van der Waals surface area contributed by atoms with Gasteiger partial charge < -0.3 is 15.2 Å². The maximum atomic E-state index is 5.66. The Morgan fingerprint density at radius 3 is 2.87 bits per heavy atom. The molecular weight excluding hydrogens is 192 g/mol. The van der Waals surface area contributed by atoms with Gasteiger partial charge in [0.15, 0.2) is 0 Å². The van der Waals surface area contributed by atoms with Crippen molar-refractivity contribution in [3.05, 3.63) is 0 Å². The van der Waals surface area contributed by atoms with E-state index in [1.54, 1.807) is 0 Å². The first-order valence-corrected chi connectivity index (χ1v) is 5.84. The summed E-state index contributed by atoms with van der Waals surface area (Å²) in [5.74, 6) is 0. The lowest BCUT2D eigenvalue weighted by Gasteiger charge is -2.44. The largest absolute Gasteiger partial charge is 0.380 e. The van der Waals surface area contributed by atoms with Crippen molar-refractivity contribution in [1.82, 2.24) is 4.90 Å². The Labute approximate surface area is 91.7 Å². The highest BCUT2D eigenvalue weighted by atomic mass is 16.5. The minimum atomic E-state index is 0.341. The molecule has 88 valence electrons. The van der Waals surface area contributed by atoms with Crippen LogP contribution < -0.4 is 5.73 Å². The molecular formula is C11H22N2O2. The molecule has 2 fully saturated rings. The molecule has 2 aliphatic heterocycles. The van der Waals surface area contributed by atoms with Crippen LogP contribution in [0.15, 0.2) is 0 Å². The van der Waals surface area contributed by atoms with Gasteiger partial charge in [0.05, 0.1) is 25.9 Å². The Kier molecular flexibility index (Phi) is 3.61. The summed E-state index contributed by atoms with van der Waals surface area (Å²) in [7, 11) is 0. The van der Waals surface area contributed by atoms with Crippen LogP contribution in [-0.4, -0.2) is 57.0 Å². The predicted octanol–water partition coefficient (Wildman–Crippen LogP) is 0.0725. The van der Waals surface area contributed by atoms with Crippen LogP contribution in [0.3, 0.4) is 0 Å². The maximum Gasteiger partial charge on any atom is 0.0714 e. The minimum absolute atomic E-state index is 0.341. The molecule has 0 radical (unpaired) electrons. The van der Waals surface area contributed by atoms with E-state index in [0.717, 1.165) is 52.4 Å². The molecule has 15 heavy (non-hydrogen) atoms. The Hall–Kier alpha value is -0.160. The molecule has 2 saturated heterocycles. The van der Waals surface area contributed by atoms with Crippen molar-refractivity contribution < 1.29 is 9.47 Å². The number of nitrogens with zero attached hydrogens (tertiary/aromatic N) is 1. The molecule has 1 unspecified atom stereocenters. The molecule has 2 aliphatic rings. The van der Waals surface area contributed by atoms with Crippen molar-refractivity contribution in [2.24, 2.45) is 11.1 Å². The molecule has 0 aromatic rings. The number of morpholine rings is 1. The molecule has 0 aliphatic carbocycles. The second-order valence-electron chi connectivity index (χ2n) is 5.11. The van der Waals surface area contributed by atoms with Gasteiger partial charge in [-0.1, -0.05) is 6.92 Å². The monoisotopic (exact) mass is 214 g/mol. The molecule has 0 bridgehead atoms. The fourth-order valence-electron chi connectivity index (χ4n) is 2.37. The highest BCUT2D eigenvalue weighted by molar-refractivity contribution is 4.86. The van der Waals surface area contributed by atoms with Gasteiger partial charge in [0, 0.05) is 25.0 Å². The number of hydrogen-bond acceptors (Lipinski definition) is 4. The van der Waals surface area contributed by atoms with E-state index in [4.69, 9.17) is 15.2 Å². The summed E-state index contributed by atoms with van der Waals surface area (Å²) >= 11 is 0. The molecule has 4 nitrogen and oxygen atoms in total. The molecule has 2 N–H and O–H groups in total. The maximum absolute atomic E-state index is 5.66. The number of ether oxygens (including phenoxy) is 2. The lowest BCUT2D eigenvalue weighted by Crippen LogP contribution is -2.53. The van der Waals surface area contributed by atoms with Gasteiger partial charge in [0.1, 0.15) is 0 Å². The zero-order chi connectivity index (χ0) is 10.7. The molecule has 0 amide bonds. The van der Waals surface area contributed by atoms with E-state index in [1.807, 2.05) is 0 Å². The SMILES string of the molecule is CC1(CN2CCOC(CCN)C2)COC1. The van der Waals surface area contributed by atoms with Crippen molar-refractivity contribution in [3.63, 3.8) is 0 Å². The molecule has 0 aromatic carbocycles. The van der Waals surface area contributed by atoms with Gasteiger partial charge in [0.2, 0.25) is 0 Å². The van der Waals surface area contributed by atoms with Gasteiger partial charge in [-0.2, -0.15) is 0 Å². The molecule has 4 heteroatoms. The lowest BCUT2D eigenvalue weighted by molar-refractivity contribution is -0.129. The van der Waals surface area contributed by atoms with Crippen LogP contribution in [0.5, 0.6) is 0 Å². The third-order valence-corrected chi connectivity index (χ3v) is 3.22. The number of rotatable bonds is 4. The van der Waals surface area contributed by atoms with Crippen molar-refractivity contribution >= 4 is 0 Å². The zero-order valence-electron chi connectivity index (χ0n) is 9.58. The first kappa shape index (κ1) is 11.3. The molecule has 0 spiro atoms. The van der Waals surface area contributed by atoms with Crippen LogP contribution in [0, 0.1) is 5.41 Å². The Bertz CT molecular complexity index is 205. The normalized spacial score (nSPS) is 31.2. The van der Waals surface area contributed by atoms with Crippen molar-refractivity contribution in [2.45, 2.75) is 19.4 Å². The Balaban J connectivity index is 1.77. The summed E-state index contributed by atoms with van der Waals surface area (Å²) in [6, 6.07) is 0. The van der Waals surface area contributed by atoms with Gasteiger partial charge >= 0.3 is 0 Å². The number of hydrogen-bond donors (Lipinski definition) is 1. The first-order valence-electron chi connectivity index (χ1n) is 5.84. The molecule has 2 rings (SSSR count). The Morgan fingerprint density at radius 1 is 1.47 bits per heavy atom. The van der Waals surface area contributed by atoms with Gasteiger partial charge in [-0.05, 0) is 13.0 Å². The second-order valence-corrected chi connectivity index (χ2v) is 5.11. The standard InChI is InChI=1S/C11H22N2O2/c1-11(8-14-9-11)7-13-4-5-15-10(6-13)2-3-12/h10H,2-9,12H2,1H3. The Morgan fingerprint density at radius 2 is 2.27 bits per heavy atom. The van der Waals surface area contributed by atoms with Crippen LogP contribution in [0.1, 0.15) is 13.3 Å². The third-order valence-electron chi connectivity index (χ3n) is 3.22. The van der Waals surface area contributed by atoms with E-state index in [0.29, 0.717) is 11.5 Å². The van der Waals surface area contributed by atoms with Crippen LogP contribution in [0.2, 0.25) is 0 Å². The summed E-state index contributed by atoms with van der Waals surface area (Å²) < 4.78 is 10.9. The van der Waals surface area contributed by atoms with E-state index in [9.17, 15) is 0 Å². The average molecular weight is 214 g/mol. The number of nitrogens with two attached hydrogens (primary N) is 1. The predicted molar refractivity (Wildman–Crippen MR) is 58.8 cm³/mol. The average Bonchev–Trinajstić information content (AvgIpc) is 2.16. The lowest BCUT2D eigenvalue weighted by atomic mass is 9.88. The smallest absolute Gasteiger partial charge is 0.0714 e. The summed E-state index contributed by atoms with van der Waals surface area (Å²) in [6.07, 6.45) is 1.32. The van der Waals surface area contributed by atoms with Crippen LogP contribution >= 0.6 is 0 Å². The van der Waals surface area contributed by atoms with E-state index < -0.39 is 0 Å². The fourth-order valence-corrected chi connectivity index (χ4v) is 2.37. The third kappa shape index (κ3) is 2.91. The van der Waals surface area contributed by atoms with Gasteiger partial charge in [-0.3, -0.25) is 4.90 Å². The quantitative estimate of drug-likeness (QED) is 0.719. The van der Waals surface area contributed by atoms with Crippen molar-refractivity contribution in [1.29, 1.82) is 0 Å². The highest BCUT2D eigenvalue weighted by Gasteiger charge is 2.36. The van der Waals surface area contributed by atoms with Crippen molar-refractivity contribution in [3.8, 4) is 0 Å². The van der Waals surface area contributed by atoms with Gasteiger partial charge in [0.25, 0.3) is 0 Å². The van der Waals surface area contributed by atoms with E-state index in [-0.39, 0.29) is 0 Å². The molecule has 0 aromatic heterocycles.